The number of carbonyl (C=O) groups excluding carboxylic acids is 1. The van der Waals surface area contributed by atoms with Gasteiger partial charge in [0.05, 0.1) is 16.1 Å². The Morgan fingerprint density at radius 1 is 1.06 bits per heavy atom. The summed E-state index contributed by atoms with van der Waals surface area (Å²) in [4.78, 5) is 15.8. The van der Waals surface area contributed by atoms with Gasteiger partial charge in [-0.15, -0.1) is 0 Å². The molecule has 0 aliphatic carbocycles. The zero-order valence-electron chi connectivity index (χ0n) is 15.7. The Balaban J connectivity index is 1.59. The van der Waals surface area contributed by atoms with Crippen LogP contribution in [0, 0.1) is 5.82 Å². The Morgan fingerprint density at radius 2 is 1.74 bits per heavy atom. The van der Waals surface area contributed by atoms with Gasteiger partial charge in [0.1, 0.15) is 11.6 Å². The second-order valence-corrected chi connectivity index (χ2v) is 8.40. The van der Waals surface area contributed by atoms with Crippen molar-refractivity contribution in [1.82, 2.24) is 10.1 Å². The van der Waals surface area contributed by atoms with E-state index in [2.05, 4.69) is 15.5 Å². The van der Waals surface area contributed by atoms with Crippen LogP contribution in [-0.4, -0.2) is 24.5 Å². The van der Waals surface area contributed by atoms with Crippen LogP contribution in [0.3, 0.4) is 0 Å². The second-order valence-electron chi connectivity index (χ2n) is 6.41. The van der Waals surface area contributed by atoms with Crippen molar-refractivity contribution >= 4 is 21.4 Å². The molecular weight excluding hydrogens is 442 g/mol. The van der Waals surface area contributed by atoms with E-state index in [1.807, 2.05) is 0 Å². The van der Waals surface area contributed by atoms with Gasteiger partial charge in [-0.2, -0.15) is 18.2 Å². The molecule has 1 N–H and O–H groups in total. The number of rotatable bonds is 7. The Bertz CT molecular complexity index is 1180. The maximum Gasteiger partial charge on any atom is 0.418 e. The van der Waals surface area contributed by atoms with E-state index in [9.17, 15) is 30.8 Å². The van der Waals surface area contributed by atoms with Crippen LogP contribution in [-0.2, 0) is 33.0 Å². The zero-order valence-corrected chi connectivity index (χ0v) is 16.5. The van der Waals surface area contributed by atoms with Gasteiger partial charge in [-0.3, -0.25) is 4.79 Å². The van der Waals surface area contributed by atoms with Crippen LogP contribution < -0.4 is 5.32 Å². The highest BCUT2D eigenvalue weighted by atomic mass is 32.2. The lowest BCUT2D eigenvalue weighted by atomic mass is 10.1. The minimum atomic E-state index is -4.62. The predicted molar refractivity (Wildman–Crippen MR) is 100.0 cm³/mol. The summed E-state index contributed by atoms with van der Waals surface area (Å²) < 4.78 is 81.4. The van der Waals surface area contributed by atoms with Gasteiger partial charge in [0.15, 0.2) is 15.7 Å². The topological polar surface area (TPSA) is 102 Å². The van der Waals surface area contributed by atoms with Gasteiger partial charge in [-0.1, -0.05) is 17.3 Å². The third kappa shape index (κ3) is 5.87. The fraction of sp³-hybridized carbons (Fsp3) is 0.211. The van der Waals surface area contributed by atoms with E-state index < -0.39 is 39.1 Å². The monoisotopic (exact) mass is 457 g/mol. The standard InChI is InChI=1S/C19H15F4N3O4S/c20-12-5-7-13(8-6-12)31(28,29)11-16-25-18(30-26-16)10-9-17(27)24-15-4-2-1-3-14(15)19(21,22)23/h1-8H,9-11H2,(H,24,27). The largest absolute Gasteiger partial charge is 0.418 e. The first-order chi connectivity index (χ1) is 14.5. The molecule has 0 aliphatic heterocycles. The average molecular weight is 457 g/mol. The molecule has 0 fully saturated rings. The van der Waals surface area contributed by atoms with E-state index in [4.69, 9.17) is 4.52 Å². The minimum Gasteiger partial charge on any atom is -0.339 e. The molecule has 0 bridgehead atoms. The van der Waals surface area contributed by atoms with Gasteiger partial charge in [0, 0.05) is 12.8 Å². The van der Waals surface area contributed by atoms with Crippen molar-refractivity contribution < 1.29 is 35.3 Å². The number of benzene rings is 2. The first-order valence-corrected chi connectivity index (χ1v) is 10.5. The highest BCUT2D eigenvalue weighted by molar-refractivity contribution is 7.90. The van der Waals surface area contributed by atoms with Crippen molar-refractivity contribution in [3.63, 3.8) is 0 Å². The van der Waals surface area contributed by atoms with E-state index in [1.165, 1.54) is 12.1 Å². The first-order valence-electron chi connectivity index (χ1n) is 8.80. The lowest BCUT2D eigenvalue weighted by molar-refractivity contribution is -0.137. The van der Waals surface area contributed by atoms with E-state index in [0.29, 0.717) is 0 Å². The normalized spacial score (nSPS) is 12.0. The number of hydrogen-bond acceptors (Lipinski definition) is 6. The van der Waals surface area contributed by atoms with Gasteiger partial charge in [-0.25, -0.2) is 12.8 Å². The van der Waals surface area contributed by atoms with Crippen LogP contribution in [0.5, 0.6) is 0 Å². The van der Waals surface area contributed by atoms with Crippen LogP contribution in [0.25, 0.3) is 0 Å². The molecule has 1 amide bonds. The molecule has 7 nitrogen and oxygen atoms in total. The van der Waals surface area contributed by atoms with E-state index >= 15 is 0 Å². The molecule has 0 spiro atoms. The SMILES string of the molecule is O=C(CCc1nc(CS(=O)(=O)c2ccc(F)cc2)no1)Nc1ccccc1C(F)(F)F. The summed E-state index contributed by atoms with van der Waals surface area (Å²) in [7, 11) is -3.84. The molecule has 164 valence electrons. The minimum absolute atomic E-state index is 0.0523. The molecule has 12 heteroatoms. The Labute approximate surface area is 174 Å². The van der Waals surface area contributed by atoms with E-state index in [1.54, 1.807) is 0 Å². The van der Waals surface area contributed by atoms with E-state index in [-0.39, 0.29) is 35.1 Å². The molecule has 0 aliphatic rings. The summed E-state index contributed by atoms with van der Waals surface area (Å²) in [5, 5.41) is 5.72. The molecule has 2 aromatic carbocycles. The molecule has 1 aromatic heterocycles. The van der Waals surface area contributed by atoms with Gasteiger partial charge in [-0.05, 0) is 36.4 Å². The maximum atomic E-state index is 13.0. The highest BCUT2D eigenvalue weighted by Crippen LogP contribution is 2.34. The fourth-order valence-electron chi connectivity index (χ4n) is 2.62. The lowest BCUT2D eigenvalue weighted by Gasteiger charge is -2.13. The van der Waals surface area contributed by atoms with Crippen molar-refractivity contribution in [2.75, 3.05) is 5.32 Å². The van der Waals surface area contributed by atoms with Crippen LogP contribution in [0.4, 0.5) is 23.2 Å². The van der Waals surface area contributed by atoms with E-state index in [0.717, 1.165) is 36.4 Å². The van der Waals surface area contributed by atoms with Crippen molar-refractivity contribution in [2.45, 2.75) is 29.7 Å². The smallest absolute Gasteiger partial charge is 0.339 e. The number of aryl methyl sites for hydroxylation is 1. The molecule has 0 unspecified atom stereocenters. The fourth-order valence-corrected chi connectivity index (χ4v) is 3.79. The number of aromatic nitrogens is 2. The van der Waals surface area contributed by atoms with Gasteiger partial charge < -0.3 is 9.84 Å². The van der Waals surface area contributed by atoms with Crippen LogP contribution in [0.2, 0.25) is 0 Å². The molecule has 0 saturated carbocycles. The van der Waals surface area contributed by atoms with Gasteiger partial charge >= 0.3 is 6.18 Å². The molecule has 0 saturated heterocycles. The summed E-state index contributed by atoms with van der Waals surface area (Å²) in [5.74, 6) is -2.12. The summed E-state index contributed by atoms with van der Waals surface area (Å²) in [6.45, 7) is 0. The molecule has 0 radical (unpaired) electrons. The Morgan fingerprint density at radius 3 is 2.42 bits per heavy atom. The Kier molecular flexibility index (Phi) is 6.39. The molecule has 1 heterocycles. The lowest BCUT2D eigenvalue weighted by Crippen LogP contribution is -2.17. The number of para-hydroxylation sites is 1. The second kappa shape index (κ2) is 8.84. The summed E-state index contributed by atoms with van der Waals surface area (Å²) in [6, 6.07) is 8.76. The highest BCUT2D eigenvalue weighted by Gasteiger charge is 2.33. The quantitative estimate of drug-likeness (QED) is 0.428. The summed E-state index contributed by atoms with van der Waals surface area (Å²) >= 11 is 0. The van der Waals surface area contributed by atoms with Crippen LogP contribution in [0.15, 0.2) is 57.9 Å². The third-order valence-corrected chi connectivity index (χ3v) is 5.70. The third-order valence-electron chi connectivity index (χ3n) is 4.07. The number of amides is 1. The number of sulfone groups is 1. The van der Waals surface area contributed by atoms with Crippen molar-refractivity contribution in [3.05, 3.63) is 71.6 Å². The number of carbonyl (C=O) groups is 1. The van der Waals surface area contributed by atoms with Crippen LogP contribution >= 0.6 is 0 Å². The number of nitrogens with zero attached hydrogens (tertiary/aromatic N) is 2. The van der Waals surface area contributed by atoms with Crippen molar-refractivity contribution in [2.24, 2.45) is 0 Å². The zero-order chi connectivity index (χ0) is 22.6. The molecule has 31 heavy (non-hydrogen) atoms. The Hall–Kier alpha value is -3.28. The predicted octanol–water partition coefficient (Wildman–Crippen LogP) is 3.77. The van der Waals surface area contributed by atoms with Gasteiger partial charge in [0.25, 0.3) is 0 Å². The number of halogens is 4. The molecule has 0 atom stereocenters. The molecule has 3 rings (SSSR count). The number of hydrogen-bond donors (Lipinski definition) is 1. The first kappa shape index (κ1) is 22.4. The van der Waals surface area contributed by atoms with Crippen molar-refractivity contribution in [3.8, 4) is 0 Å². The summed E-state index contributed by atoms with van der Waals surface area (Å²) in [5.41, 5.74) is -1.36. The van der Waals surface area contributed by atoms with Crippen molar-refractivity contribution in [1.29, 1.82) is 0 Å². The maximum absolute atomic E-state index is 13.0. The molecular formula is C19H15F4N3O4S. The number of anilines is 1. The number of alkyl halides is 3. The van der Waals surface area contributed by atoms with Crippen LogP contribution in [0.1, 0.15) is 23.7 Å². The number of nitrogens with one attached hydrogen (secondary N) is 1. The molecule has 3 aromatic rings. The van der Waals surface area contributed by atoms with Gasteiger partial charge in [0.2, 0.25) is 11.8 Å². The summed E-state index contributed by atoms with van der Waals surface area (Å²) in [6.07, 6.45) is -5.00. The average Bonchev–Trinajstić information content (AvgIpc) is 3.13.